The molecule has 33 heavy (non-hydrogen) atoms. The molecule has 10 heteroatoms. The number of H-pyrrole nitrogens is 1. The molecule has 1 amide bonds. The van der Waals surface area contributed by atoms with Crippen LogP contribution in [-0.2, 0) is 4.79 Å². The highest BCUT2D eigenvalue weighted by atomic mass is 19.1. The molecule has 1 aromatic heterocycles. The lowest BCUT2D eigenvalue weighted by molar-refractivity contribution is -0.119. The van der Waals surface area contributed by atoms with Crippen LogP contribution < -0.4 is 26.8 Å². The van der Waals surface area contributed by atoms with Crippen molar-refractivity contribution < 1.29 is 9.18 Å². The molecule has 1 saturated carbocycles. The standard InChI is InChI=1S/C23H29FN6O3/c1-13-20-17(22(32)28-23(33)30(20)16-4-5-16)10-18(24)21(13)29-9-6-15(12-29)19(11-27-14(2)31)26-8-3-7-25/h10,15-16,19,26H,3-6,8-9,11-12H2,1-2H3,(H,27,31)(H,28,32,33). The molecule has 1 aliphatic heterocycles. The summed E-state index contributed by atoms with van der Waals surface area (Å²) < 4.78 is 16.9. The van der Waals surface area contributed by atoms with E-state index in [2.05, 4.69) is 21.7 Å². The number of aromatic nitrogens is 2. The fraction of sp³-hybridized carbons (Fsp3) is 0.565. The SMILES string of the molecule is CC(=O)NCC(NCCC#N)C1CCN(c2c(F)cc3c(=O)[nH]c(=O)n(C4CC4)c3c2C)C1. The second-order valence-electron chi connectivity index (χ2n) is 8.99. The molecule has 0 bridgehead atoms. The quantitative estimate of drug-likeness (QED) is 0.515. The van der Waals surface area contributed by atoms with Crippen molar-refractivity contribution in [3.05, 3.63) is 38.3 Å². The van der Waals surface area contributed by atoms with Gasteiger partial charge in [-0.05, 0) is 38.2 Å². The van der Waals surface area contributed by atoms with Crippen molar-refractivity contribution in [1.82, 2.24) is 20.2 Å². The van der Waals surface area contributed by atoms with Gasteiger partial charge in [0.25, 0.3) is 5.56 Å². The van der Waals surface area contributed by atoms with Crippen LogP contribution in [0.2, 0.25) is 0 Å². The van der Waals surface area contributed by atoms with E-state index in [4.69, 9.17) is 5.26 Å². The van der Waals surface area contributed by atoms with Crippen LogP contribution in [0.25, 0.3) is 10.9 Å². The summed E-state index contributed by atoms with van der Waals surface area (Å²) in [4.78, 5) is 40.7. The molecular formula is C23H29FN6O3. The maximum Gasteiger partial charge on any atom is 0.329 e. The van der Waals surface area contributed by atoms with Crippen LogP contribution in [0.1, 0.15) is 44.2 Å². The second-order valence-corrected chi connectivity index (χ2v) is 8.99. The molecule has 2 fully saturated rings. The van der Waals surface area contributed by atoms with Gasteiger partial charge in [0, 0.05) is 57.2 Å². The molecule has 2 atom stereocenters. The van der Waals surface area contributed by atoms with Gasteiger partial charge in [0.1, 0.15) is 5.82 Å². The van der Waals surface area contributed by atoms with Gasteiger partial charge < -0.3 is 15.5 Å². The Hall–Kier alpha value is -3.19. The number of halogens is 1. The number of rotatable bonds is 8. The van der Waals surface area contributed by atoms with Crippen molar-refractivity contribution in [3.63, 3.8) is 0 Å². The van der Waals surface area contributed by atoms with Gasteiger partial charge in [0.2, 0.25) is 5.91 Å². The number of fused-ring (bicyclic) bond motifs is 1. The van der Waals surface area contributed by atoms with E-state index in [1.54, 1.807) is 11.5 Å². The molecule has 9 nitrogen and oxygen atoms in total. The number of amides is 1. The number of nitriles is 1. The van der Waals surface area contributed by atoms with Crippen LogP contribution in [0.15, 0.2) is 15.7 Å². The van der Waals surface area contributed by atoms with Crippen molar-refractivity contribution in [1.29, 1.82) is 5.26 Å². The maximum absolute atomic E-state index is 15.3. The minimum Gasteiger partial charge on any atom is -0.369 e. The summed E-state index contributed by atoms with van der Waals surface area (Å²) in [7, 11) is 0. The molecule has 2 heterocycles. The minimum absolute atomic E-state index is 0.0338. The molecule has 2 unspecified atom stereocenters. The van der Waals surface area contributed by atoms with Crippen molar-refractivity contribution in [2.75, 3.05) is 31.1 Å². The number of hydrogen-bond donors (Lipinski definition) is 3. The molecular weight excluding hydrogens is 427 g/mol. The Kier molecular flexibility index (Phi) is 6.51. The van der Waals surface area contributed by atoms with Crippen LogP contribution >= 0.6 is 0 Å². The third kappa shape index (κ3) is 4.64. The average Bonchev–Trinajstić information content (AvgIpc) is 3.48. The zero-order valence-electron chi connectivity index (χ0n) is 18.9. The fourth-order valence-corrected chi connectivity index (χ4v) is 4.93. The monoisotopic (exact) mass is 456 g/mol. The van der Waals surface area contributed by atoms with Gasteiger partial charge in [-0.1, -0.05) is 0 Å². The number of aromatic amines is 1. The molecule has 0 spiro atoms. The van der Waals surface area contributed by atoms with E-state index in [9.17, 15) is 14.4 Å². The van der Waals surface area contributed by atoms with Crippen LogP contribution in [0.3, 0.4) is 0 Å². The number of nitrogens with one attached hydrogen (secondary N) is 3. The summed E-state index contributed by atoms with van der Waals surface area (Å²) in [5.41, 5.74) is 0.494. The van der Waals surface area contributed by atoms with Crippen molar-refractivity contribution >= 4 is 22.5 Å². The van der Waals surface area contributed by atoms with Crippen LogP contribution in [0.4, 0.5) is 10.1 Å². The molecule has 2 aliphatic rings. The largest absolute Gasteiger partial charge is 0.369 e. The predicted octanol–water partition coefficient (Wildman–Crippen LogP) is 1.31. The first-order chi connectivity index (χ1) is 15.8. The van der Waals surface area contributed by atoms with E-state index < -0.39 is 17.1 Å². The first kappa shape index (κ1) is 23.0. The lowest BCUT2D eigenvalue weighted by atomic mass is 9.98. The van der Waals surface area contributed by atoms with Crippen LogP contribution in [0, 0.1) is 30.0 Å². The molecule has 3 N–H and O–H groups in total. The summed E-state index contributed by atoms with van der Waals surface area (Å²) in [5, 5.41) is 15.2. The first-order valence-corrected chi connectivity index (χ1v) is 11.4. The summed E-state index contributed by atoms with van der Waals surface area (Å²) in [5.74, 6) is -0.477. The third-order valence-corrected chi connectivity index (χ3v) is 6.62. The molecule has 0 radical (unpaired) electrons. The average molecular weight is 457 g/mol. The molecule has 176 valence electrons. The smallest absolute Gasteiger partial charge is 0.329 e. The highest BCUT2D eigenvalue weighted by Gasteiger charge is 2.33. The number of carbonyl (C=O) groups is 1. The molecule has 1 aromatic carbocycles. The van der Waals surface area contributed by atoms with Crippen LogP contribution in [0.5, 0.6) is 0 Å². The number of nitrogens with zero attached hydrogens (tertiary/aromatic N) is 3. The molecule has 2 aromatic rings. The zero-order valence-corrected chi connectivity index (χ0v) is 18.9. The summed E-state index contributed by atoms with van der Waals surface area (Å²) in [6, 6.07) is 3.33. The van der Waals surface area contributed by atoms with Gasteiger partial charge in [0.05, 0.1) is 22.7 Å². The normalized spacial score (nSPS) is 19.0. The number of carbonyl (C=O) groups excluding carboxylic acids is 1. The lowest BCUT2D eigenvalue weighted by Crippen LogP contribution is -2.46. The van der Waals surface area contributed by atoms with Crippen molar-refractivity contribution in [2.45, 2.75) is 51.6 Å². The second kappa shape index (κ2) is 9.35. The van der Waals surface area contributed by atoms with Gasteiger partial charge in [-0.3, -0.25) is 19.1 Å². The summed E-state index contributed by atoms with van der Waals surface area (Å²) >= 11 is 0. The van der Waals surface area contributed by atoms with Gasteiger partial charge in [-0.2, -0.15) is 5.26 Å². The summed E-state index contributed by atoms with van der Waals surface area (Å²) in [6.45, 7) is 5.34. The van der Waals surface area contributed by atoms with Gasteiger partial charge >= 0.3 is 5.69 Å². The number of anilines is 1. The lowest BCUT2D eigenvalue weighted by Gasteiger charge is -2.27. The Morgan fingerprint density at radius 2 is 2.12 bits per heavy atom. The van der Waals surface area contributed by atoms with Crippen molar-refractivity contribution in [3.8, 4) is 6.07 Å². The maximum atomic E-state index is 15.3. The number of benzene rings is 1. The highest BCUT2D eigenvalue weighted by Crippen LogP contribution is 2.39. The van der Waals surface area contributed by atoms with Crippen LogP contribution in [-0.4, -0.2) is 47.7 Å². The van der Waals surface area contributed by atoms with E-state index in [0.29, 0.717) is 49.4 Å². The third-order valence-electron chi connectivity index (χ3n) is 6.62. The van der Waals surface area contributed by atoms with E-state index in [0.717, 1.165) is 19.3 Å². The Balaban J connectivity index is 1.66. The Labute approximate surface area is 190 Å². The zero-order chi connectivity index (χ0) is 23.7. The first-order valence-electron chi connectivity index (χ1n) is 11.4. The number of aryl methyl sites for hydroxylation is 1. The van der Waals surface area contributed by atoms with E-state index in [1.807, 2.05) is 4.90 Å². The molecule has 1 saturated heterocycles. The number of hydrogen-bond acceptors (Lipinski definition) is 6. The Morgan fingerprint density at radius 3 is 2.79 bits per heavy atom. The predicted molar refractivity (Wildman–Crippen MR) is 123 cm³/mol. The van der Waals surface area contributed by atoms with Crippen molar-refractivity contribution in [2.24, 2.45) is 5.92 Å². The summed E-state index contributed by atoms with van der Waals surface area (Å²) in [6.07, 6.45) is 2.86. The van der Waals surface area contributed by atoms with E-state index in [1.165, 1.54) is 13.0 Å². The van der Waals surface area contributed by atoms with Gasteiger partial charge in [-0.15, -0.1) is 0 Å². The topological polar surface area (TPSA) is 123 Å². The van der Waals surface area contributed by atoms with Gasteiger partial charge in [0.15, 0.2) is 0 Å². The molecule has 4 rings (SSSR count). The highest BCUT2D eigenvalue weighted by molar-refractivity contribution is 5.87. The van der Waals surface area contributed by atoms with E-state index in [-0.39, 0.29) is 29.3 Å². The molecule has 1 aliphatic carbocycles. The Morgan fingerprint density at radius 1 is 1.36 bits per heavy atom. The van der Waals surface area contributed by atoms with E-state index >= 15 is 4.39 Å². The van der Waals surface area contributed by atoms with Gasteiger partial charge in [-0.25, -0.2) is 9.18 Å². The Bertz CT molecular complexity index is 1230. The fourth-order valence-electron chi connectivity index (χ4n) is 4.93. The minimum atomic E-state index is -0.572.